The lowest BCUT2D eigenvalue weighted by Crippen LogP contribution is -2.03. The third-order valence-electron chi connectivity index (χ3n) is 3.37. The number of nitrogens with one attached hydrogen (secondary N) is 1. The average molecular weight is 322 g/mol. The summed E-state index contributed by atoms with van der Waals surface area (Å²) in [6.45, 7) is 4.93. The first-order valence-corrected chi connectivity index (χ1v) is 8.94. The van der Waals surface area contributed by atoms with Gasteiger partial charge in [-0.1, -0.05) is 41.4 Å². The van der Waals surface area contributed by atoms with E-state index in [1.54, 1.807) is 6.26 Å². The van der Waals surface area contributed by atoms with Gasteiger partial charge in [0, 0.05) is 29.4 Å². The van der Waals surface area contributed by atoms with Crippen LogP contribution in [0.1, 0.15) is 22.3 Å². The summed E-state index contributed by atoms with van der Waals surface area (Å²) in [4.78, 5) is 0. The Morgan fingerprint density at radius 1 is 1.14 bits per heavy atom. The Morgan fingerprint density at radius 3 is 2.57 bits per heavy atom. The minimum atomic E-state index is -0.849. The number of halogens is 1. The molecule has 0 aliphatic rings. The zero-order chi connectivity index (χ0) is 15.4. The summed E-state index contributed by atoms with van der Waals surface area (Å²) in [5.41, 5.74) is 5.70. The molecular weight excluding hydrogens is 302 g/mol. The molecule has 0 radical (unpaired) electrons. The van der Waals surface area contributed by atoms with E-state index in [1.165, 1.54) is 16.7 Å². The molecule has 21 heavy (non-hydrogen) atoms. The van der Waals surface area contributed by atoms with Crippen LogP contribution in [0.25, 0.3) is 0 Å². The predicted octanol–water partition coefficient (Wildman–Crippen LogP) is 4.45. The van der Waals surface area contributed by atoms with Crippen LogP contribution in [0.15, 0.2) is 36.4 Å². The third-order valence-corrected chi connectivity index (χ3v) is 4.44. The third kappa shape index (κ3) is 4.58. The van der Waals surface area contributed by atoms with E-state index in [4.69, 9.17) is 11.6 Å². The summed E-state index contributed by atoms with van der Waals surface area (Å²) in [7, 11) is -0.849. The van der Waals surface area contributed by atoms with Crippen molar-refractivity contribution in [2.75, 3.05) is 11.6 Å². The summed E-state index contributed by atoms with van der Waals surface area (Å²) >= 11 is 6.23. The van der Waals surface area contributed by atoms with Crippen molar-refractivity contribution >= 4 is 28.1 Å². The molecule has 0 bridgehead atoms. The Labute approximate surface area is 134 Å². The van der Waals surface area contributed by atoms with Crippen LogP contribution in [0.4, 0.5) is 5.69 Å². The lowest BCUT2D eigenvalue weighted by Gasteiger charge is -2.12. The van der Waals surface area contributed by atoms with Crippen LogP contribution in [0.2, 0.25) is 5.02 Å². The molecule has 2 nitrogen and oxygen atoms in total. The van der Waals surface area contributed by atoms with Crippen molar-refractivity contribution in [3.05, 3.63) is 63.7 Å². The molecule has 2 aromatic rings. The van der Waals surface area contributed by atoms with Crippen LogP contribution in [0.5, 0.6) is 0 Å². The van der Waals surface area contributed by atoms with E-state index >= 15 is 0 Å². The van der Waals surface area contributed by atoms with Gasteiger partial charge in [0.25, 0.3) is 0 Å². The molecule has 0 spiro atoms. The van der Waals surface area contributed by atoms with Crippen LogP contribution in [-0.2, 0) is 23.1 Å². The van der Waals surface area contributed by atoms with Crippen LogP contribution in [0, 0.1) is 13.8 Å². The molecule has 112 valence electrons. The highest BCUT2D eigenvalue weighted by molar-refractivity contribution is 7.83. The fourth-order valence-corrected chi connectivity index (χ4v) is 3.10. The molecule has 2 rings (SSSR count). The first-order valence-electron chi connectivity index (χ1n) is 6.84. The normalized spacial score (nSPS) is 12.2. The Bertz CT molecular complexity index is 670. The fourth-order valence-electron chi connectivity index (χ4n) is 2.27. The second-order valence-corrected chi connectivity index (χ2v) is 7.16. The number of rotatable bonds is 5. The minimum absolute atomic E-state index is 0.551. The first-order chi connectivity index (χ1) is 9.95. The van der Waals surface area contributed by atoms with E-state index in [1.807, 2.05) is 18.2 Å². The summed E-state index contributed by atoms with van der Waals surface area (Å²) in [5.74, 6) is 0.551. The monoisotopic (exact) mass is 321 g/mol. The summed E-state index contributed by atoms with van der Waals surface area (Å²) < 4.78 is 11.3. The van der Waals surface area contributed by atoms with Gasteiger partial charge in [-0.05, 0) is 42.7 Å². The van der Waals surface area contributed by atoms with Crippen molar-refractivity contribution in [3.8, 4) is 0 Å². The molecule has 0 aliphatic carbocycles. The highest BCUT2D eigenvalue weighted by atomic mass is 35.5. The molecule has 0 aliphatic heterocycles. The van der Waals surface area contributed by atoms with E-state index in [0.717, 1.165) is 17.8 Å². The second-order valence-electron chi connectivity index (χ2n) is 5.32. The van der Waals surface area contributed by atoms with Gasteiger partial charge in [0.1, 0.15) is 0 Å². The Balaban J connectivity index is 2.13. The SMILES string of the molecule is Cc1ccc(CNc2cc(C[S@@](C)=O)ccc2Cl)c(C)c1. The molecule has 1 atom stereocenters. The van der Waals surface area contributed by atoms with Gasteiger partial charge >= 0.3 is 0 Å². The van der Waals surface area contributed by atoms with Gasteiger partial charge in [-0.3, -0.25) is 4.21 Å². The van der Waals surface area contributed by atoms with Gasteiger partial charge in [0.15, 0.2) is 0 Å². The molecular formula is C17H20ClNOS. The van der Waals surface area contributed by atoms with Crippen molar-refractivity contribution in [3.63, 3.8) is 0 Å². The van der Waals surface area contributed by atoms with Gasteiger partial charge in [-0.2, -0.15) is 0 Å². The van der Waals surface area contributed by atoms with Crippen molar-refractivity contribution < 1.29 is 4.21 Å². The van der Waals surface area contributed by atoms with Crippen molar-refractivity contribution in [2.45, 2.75) is 26.1 Å². The number of aryl methyl sites for hydroxylation is 2. The Hall–Kier alpha value is -1.32. The van der Waals surface area contributed by atoms with Gasteiger partial charge < -0.3 is 5.32 Å². The van der Waals surface area contributed by atoms with Crippen LogP contribution < -0.4 is 5.32 Å². The quantitative estimate of drug-likeness (QED) is 0.881. The molecule has 0 heterocycles. The van der Waals surface area contributed by atoms with E-state index < -0.39 is 10.8 Å². The summed E-state index contributed by atoms with van der Waals surface area (Å²) in [6, 6.07) is 12.2. The lowest BCUT2D eigenvalue weighted by molar-refractivity contribution is 0.686. The number of anilines is 1. The zero-order valence-corrected chi connectivity index (χ0v) is 14.1. The second kappa shape index (κ2) is 7.10. The topological polar surface area (TPSA) is 29.1 Å². The highest BCUT2D eigenvalue weighted by Crippen LogP contribution is 2.24. The summed E-state index contributed by atoms with van der Waals surface area (Å²) in [5, 5.41) is 4.06. The predicted molar refractivity (Wildman–Crippen MR) is 92.5 cm³/mol. The first kappa shape index (κ1) is 16.1. The average Bonchev–Trinajstić information content (AvgIpc) is 2.40. The maximum absolute atomic E-state index is 11.3. The molecule has 1 N–H and O–H groups in total. The van der Waals surface area contributed by atoms with E-state index in [0.29, 0.717) is 10.8 Å². The van der Waals surface area contributed by atoms with E-state index in [2.05, 4.69) is 37.4 Å². The van der Waals surface area contributed by atoms with Gasteiger partial charge in [-0.15, -0.1) is 0 Å². The Kier molecular flexibility index (Phi) is 5.43. The fraction of sp³-hybridized carbons (Fsp3) is 0.294. The van der Waals surface area contributed by atoms with Crippen molar-refractivity contribution in [1.82, 2.24) is 0 Å². The smallest absolute Gasteiger partial charge is 0.0637 e. The number of hydrogen-bond acceptors (Lipinski definition) is 2. The van der Waals surface area contributed by atoms with E-state index in [-0.39, 0.29) is 0 Å². The largest absolute Gasteiger partial charge is 0.380 e. The number of hydrogen-bond donors (Lipinski definition) is 1. The molecule has 0 amide bonds. The molecule has 0 saturated carbocycles. The maximum atomic E-state index is 11.3. The lowest BCUT2D eigenvalue weighted by atomic mass is 10.1. The molecule has 0 saturated heterocycles. The van der Waals surface area contributed by atoms with Gasteiger partial charge in [-0.25, -0.2) is 0 Å². The highest BCUT2D eigenvalue weighted by Gasteiger charge is 2.05. The van der Waals surface area contributed by atoms with Gasteiger partial charge in [0.05, 0.1) is 10.7 Å². The van der Waals surface area contributed by atoms with Gasteiger partial charge in [0.2, 0.25) is 0 Å². The van der Waals surface area contributed by atoms with Crippen LogP contribution >= 0.6 is 11.6 Å². The molecule has 0 unspecified atom stereocenters. The molecule has 0 fully saturated rings. The van der Waals surface area contributed by atoms with E-state index in [9.17, 15) is 4.21 Å². The van der Waals surface area contributed by atoms with Crippen molar-refractivity contribution in [1.29, 1.82) is 0 Å². The zero-order valence-electron chi connectivity index (χ0n) is 12.6. The number of benzene rings is 2. The molecule has 0 aromatic heterocycles. The molecule has 4 heteroatoms. The Morgan fingerprint density at radius 2 is 1.90 bits per heavy atom. The standard InChI is InChI=1S/C17H20ClNOS/c1-12-4-6-15(13(2)8-12)10-19-17-9-14(11-21(3)20)5-7-16(17)18/h4-9,19H,10-11H2,1-3H3/t21-/m1/s1. The maximum Gasteiger partial charge on any atom is 0.0637 e. The minimum Gasteiger partial charge on any atom is -0.380 e. The van der Waals surface area contributed by atoms with Crippen LogP contribution in [0.3, 0.4) is 0 Å². The van der Waals surface area contributed by atoms with Crippen LogP contribution in [-0.4, -0.2) is 10.5 Å². The summed E-state index contributed by atoms with van der Waals surface area (Å²) in [6.07, 6.45) is 1.71. The van der Waals surface area contributed by atoms with Crippen molar-refractivity contribution in [2.24, 2.45) is 0 Å². The molecule has 2 aromatic carbocycles.